The van der Waals surface area contributed by atoms with Gasteiger partial charge in [0.05, 0.1) is 0 Å². The van der Waals surface area contributed by atoms with E-state index in [9.17, 15) is 0 Å². The molecule has 0 bridgehead atoms. The molecule has 10 aromatic rings. The first-order valence-electron chi connectivity index (χ1n) is 18.2. The number of rotatable bonds is 4. The maximum atomic E-state index is 6.54. The van der Waals surface area contributed by atoms with E-state index in [0.29, 0.717) is 0 Å². The monoisotopic (exact) mass is 679 g/mol. The molecule has 0 spiro atoms. The van der Waals surface area contributed by atoms with Crippen LogP contribution in [0.15, 0.2) is 185 Å². The van der Waals surface area contributed by atoms with Crippen LogP contribution in [0.25, 0.3) is 76.2 Å². The summed E-state index contributed by atoms with van der Waals surface area (Å²) in [5, 5.41) is 19.9. The molecule has 0 radical (unpaired) electrons. The second-order valence-corrected chi connectivity index (χ2v) is 14.0. The van der Waals surface area contributed by atoms with Gasteiger partial charge in [-0.1, -0.05) is 146 Å². The largest absolute Gasteiger partial charge is 0.456 e. The number of amidine groups is 1. The average molecular weight is 680 g/mol. The quantitative estimate of drug-likeness (QED) is 0.182. The van der Waals surface area contributed by atoms with Crippen molar-refractivity contribution in [2.24, 2.45) is 4.99 Å². The van der Waals surface area contributed by atoms with Crippen LogP contribution in [0.1, 0.15) is 29.0 Å². The molecule has 0 aliphatic carbocycles. The molecular formula is C49H33N3O. The van der Waals surface area contributed by atoms with Crippen LogP contribution in [-0.4, -0.2) is 5.84 Å². The van der Waals surface area contributed by atoms with E-state index in [0.717, 1.165) is 50.0 Å². The molecule has 0 saturated carbocycles. The van der Waals surface area contributed by atoms with E-state index in [4.69, 9.17) is 9.41 Å². The molecule has 1 aliphatic heterocycles. The first-order chi connectivity index (χ1) is 26.2. The number of furan rings is 1. The lowest BCUT2D eigenvalue weighted by Crippen LogP contribution is -2.45. The molecule has 53 heavy (non-hydrogen) atoms. The summed E-state index contributed by atoms with van der Waals surface area (Å²) in [6, 6.07) is 62.8. The first-order valence-corrected chi connectivity index (χ1v) is 18.2. The van der Waals surface area contributed by atoms with Gasteiger partial charge in [0.25, 0.3) is 0 Å². The number of benzene rings is 9. The van der Waals surface area contributed by atoms with Crippen LogP contribution in [0.2, 0.25) is 0 Å². The Morgan fingerprint density at radius 1 is 0.434 bits per heavy atom. The molecule has 250 valence electrons. The van der Waals surface area contributed by atoms with Crippen LogP contribution in [0.4, 0.5) is 0 Å². The Morgan fingerprint density at radius 3 is 1.85 bits per heavy atom. The van der Waals surface area contributed by atoms with E-state index in [1.807, 2.05) is 6.07 Å². The highest BCUT2D eigenvalue weighted by Crippen LogP contribution is 2.40. The third-order valence-electron chi connectivity index (χ3n) is 10.9. The molecular weight excluding hydrogens is 647 g/mol. The van der Waals surface area contributed by atoms with Crippen LogP contribution in [0.5, 0.6) is 0 Å². The van der Waals surface area contributed by atoms with Crippen molar-refractivity contribution in [1.29, 1.82) is 0 Å². The second-order valence-electron chi connectivity index (χ2n) is 14.0. The van der Waals surface area contributed by atoms with E-state index in [1.54, 1.807) is 0 Å². The number of nitrogens with one attached hydrogen (secondary N) is 2. The SMILES string of the molecule is c1ccc(C2=NC(c3ccc4ccccc4c3)NC(c3cccc4oc5ccc(-c6ccc7c8ccccc8c8ccccc8c7c6)cc5c34)N2)cc1. The molecule has 0 saturated heterocycles. The lowest BCUT2D eigenvalue weighted by atomic mass is 9.91. The van der Waals surface area contributed by atoms with Gasteiger partial charge in [0.2, 0.25) is 0 Å². The number of hydrogen-bond donors (Lipinski definition) is 2. The van der Waals surface area contributed by atoms with Crippen molar-refractivity contribution in [3.05, 3.63) is 193 Å². The molecule has 4 heteroatoms. The molecule has 2 heterocycles. The van der Waals surface area contributed by atoms with Crippen molar-refractivity contribution in [1.82, 2.24) is 10.6 Å². The van der Waals surface area contributed by atoms with Gasteiger partial charge in [-0.3, -0.25) is 5.32 Å². The van der Waals surface area contributed by atoms with E-state index in [-0.39, 0.29) is 12.3 Å². The topological polar surface area (TPSA) is 49.6 Å². The summed E-state index contributed by atoms with van der Waals surface area (Å²) in [7, 11) is 0. The van der Waals surface area contributed by atoms with Crippen molar-refractivity contribution in [3.63, 3.8) is 0 Å². The molecule has 4 nitrogen and oxygen atoms in total. The Labute approximate surface area is 306 Å². The summed E-state index contributed by atoms with van der Waals surface area (Å²) in [5.41, 5.74) is 7.34. The van der Waals surface area contributed by atoms with Gasteiger partial charge in [0, 0.05) is 21.9 Å². The summed E-state index contributed by atoms with van der Waals surface area (Å²) in [6.07, 6.45) is -0.485. The zero-order valence-electron chi connectivity index (χ0n) is 28.8. The van der Waals surface area contributed by atoms with Crippen LogP contribution in [0.3, 0.4) is 0 Å². The third kappa shape index (κ3) is 4.91. The lowest BCUT2D eigenvalue weighted by molar-refractivity contribution is 0.411. The molecule has 11 rings (SSSR count). The highest BCUT2D eigenvalue weighted by Gasteiger charge is 2.28. The lowest BCUT2D eigenvalue weighted by Gasteiger charge is -2.32. The number of hydrogen-bond acceptors (Lipinski definition) is 4. The molecule has 1 aromatic heterocycles. The predicted molar refractivity (Wildman–Crippen MR) is 220 cm³/mol. The van der Waals surface area contributed by atoms with E-state index < -0.39 is 0 Å². The van der Waals surface area contributed by atoms with E-state index in [2.05, 4.69) is 180 Å². The van der Waals surface area contributed by atoms with Gasteiger partial charge >= 0.3 is 0 Å². The summed E-state index contributed by atoms with van der Waals surface area (Å²) < 4.78 is 6.54. The zero-order chi connectivity index (χ0) is 34.9. The van der Waals surface area contributed by atoms with Gasteiger partial charge in [-0.15, -0.1) is 0 Å². The fraction of sp³-hybridized carbons (Fsp3) is 0.0408. The Morgan fingerprint density at radius 2 is 1.08 bits per heavy atom. The summed E-state index contributed by atoms with van der Waals surface area (Å²) in [5.74, 6) is 0.855. The number of nitrogens with zero attached hydrogens (tertiary/aromatic N) is 1. The standard InChI is InChI=1S/C49H33N3O/c1-2-12-31(13-3-1)47-50-48(35-22-21-30-11-4-5-14-32(30)27-35)52-49(51-47)41-19-10-20-45-46(41)43-29-34(24-26-44(43)53-45)33-23-25-40-38-17-7-6-15-36(38)37-16-8-9-18-39(37)42(40)28-33/h1-29,48-49,52H,(H,50,51). The molecule has 9 aromatic carbocycles. The zero-order valence-corrected chi connectivity index (χ0v) is 28.8. The fourth-order valence-electron chi connectivity index (χ4n) is 8.37. The molecule has 1 aliphatic rings. The summed E-state index contributed by atoms with van der Waals surface area (Å²) in [4.78, 5) is 5.22. The van der Waals surface area contributed by atoms with Gasteiger partial charge in [0.15, 0.2) is 0 Å². The minimum Gasteiger partial charge on any atom is -0.456 e. The van der Waals surface area contributed by atoms with Crippen LogP contribution in [-0.2, 0) is 0 Å². The van der Waals surface area contributed by atoms with Crippen molar-refractivity contribution in [2.45, 2.75) is 12.3 Å². The molecule has 0 fully saturated rings. The van der Waals surface area contributed by atoms with Gasteiger partial charge in [-0.2, -0.15) is 0 Å². The number of fused-ring (bicyclic) bond motifs is 10. The smallest absolute Gasteiger partial charge is 0.135 e. The molecule has 2 N–H and O–H groups in total. The fourth-order valence-corrected chi connectivity index (χ4v) is 8.37. The molecule has 0 amide bonds. The normalized spacial score (nSPS) is 16.1. The predicted octanol–water partition coefficient (Wildman–Crippen LogP) is 12.2. The molecule has 2 atom stereocenters. The van der Waals surface area contributed by atoms with E-state index in [1.165, 1.54) is 48.7 Å². The Balaban J connectivity index is 1.05. The Kier molecular flexibility index (Phi) is 6.73. The number of aliphatic imine (C=N–C) groups is 1. The minimum absolute atomic E-state index is 0.229. The third-order valence-corrected chi connectivity index (χ3v) is 10.9. The summed E-state index contributed by atoms with van der Waals surface area (Å²) in [6.45, 7) is 0. The van der Waals surface area contributed by atoms with Gasteiger partial charge in [-0.05, 0) is 90.1 Å². The Bertz CT molecular complexity index is 3050. The van der Waals surface area contributed by atoms with Crippen molar-refractivity contribution >= 4 is 70.9 Å². The Hall–Kier alpha value is -6.75. The van der Waals surface area contributed by atoms with Crippen molar-refractivity contribution in [3.8, 4) is 11.1 Å². The van der Waals surface area contributed by atoms with Crippen molar-refractivity contribution < 1.29 is 4.42 Å². The van der Waals surface area contributed by atoms with Gasteiger partial charge in [-0.25, -0.2) is 4.99 Å². The second kappa shape index (κ2) is 11.9. The maximum Gasteiger partial charge on any atom is 0.135 e. The summed E-state index contributed by atoms with van der Waals surface area (Å²) >= 11 is 0. The van der Waals surface area contributed by atoms with Gasteiger partial charge in [0.1, 0.15) is 29.3 Å². The van der Waals surface area contributed by atoms with Crippen LogP contribution < -0.4 is 10.6 Å². The minimum atomic E-state index is -0.256. The van der Waals surface area contributed by atoms with Crippen molar-refractivity contribution in [2.75, 3.05) is 0 Å². The first kappa shape index (κ1) is 29.9. The van der Waals surface area contributed by atoms with Gasteiger partial charge < -0.3 is 9.73 Å². The van der Waals surface area contributed by atoms with Crippen LogP contribution in [0, 0.1) is 0 Å². The highest BCUT2D eigenvalue weighted by molar-refractivity contribution is 6.25. The molecule has 2 unspecified atom stereocenters. The van der Waals surface area contributed by atoms with Crippen LogP contribution >= 0.6 is 0 Å². The maximum absolute atomic E-state index is 6.54. The average Bonchev–Trinajstić information content (AvgIpc) is 3.62. The highest BCUT2D eigenvalue weighted by atomic mass is 16.3. The van der Waals surface area contributed by atoms with E-state index >= 15 is 0 Å².